The maximum atomic E-state index is 13.6. The minimum absolute atomic E-state index is 0.00669. The van der Waals surface area contributed by atoms with Gasteiger partial charge in [-0.2, -0.15) is 0 Å². The van der Waals surface area contributed by atoms with Crippen molar-refractivity contribution in [2.75, 3.05) is 13.2 Å². The Balaban J connectivity index is 1.31. The molecule has 184 valence electrons. The van der Waals surface area contributed by atoms with E-state index >= 15 is 0 Å². The van der Waals surface area contributed by atoms with E-state index in [9.17, 15) is 19.5 Å². The fraction of sp³-hybridized carbons (Fsp3) is 0.464. The standard InChI is InChI=1S/C28H32N2O5/c1-27(2,3)23(24(31)30-14-8-9-17-15-28(17,30)25(32)33)29-26(34)35-16-22-20-12-6-4-10-18(20)19-11-5-7-13-21(19)22/h4-7,10-13,17,22-23H,8-9,14-16H2,1-3H3,(H,29,34)(H,32,33). The van der Waals surface area contributed by atoms with Crippen molar-refractivity contribution in [3.63, 3.8) is 0 Å². The number of carboxylic acids is 1. The van der Waals surface area contributed by atoms with Gasteiger partial charge < -0.3 is 20.1 Å². The molecule has 1 aliphatic heterocycles. The first kappa shape index (κ1) is 23.4. The van der Waals surface area contributed by atoms with Crippen LogP contribution in [0, 0.1) is 11.3 Å². The zero-order valence-corrected chi connectivity index (χ0v) is 20.4. The lowest BCUT2D eigenvalue weighted by atomic mass is 9.85. The molecule has 0 spiro atoms. The number of likely N-dealkylation sites (tertiary alicyclic amines) is 1. The zero-order chi connectivity index (χ0) is 25.0. The number of nitrogens with zero attached hydrogens (tertiary/aromatic N) is 1. The van der Waals surface area contributed by atoms with E-state index in [4.69, 9.17) is 4.74 Å². The van der Waals surface area contributed by atoms with Crippen LogP contribution in [-0.2, 0) is 14.3 Å². The van der Waals surface area contributed by atoms with Gasteiger partial charge in [0.2, 0.25) is 5.91 Å². The maximum absolute atomic E-state index is 13.6. The monoisotopic (exact) mass is 476 g/mol. The van der Waals surface area contributed by atoms with E-state index in [1.165, 1.54) is 4.90 Å². The zero-order valence-electron chi connectivity index (χ0n) is 20.4. The van der Waals surface area contributed by atoms with E-state index in [0.717, 1.165) is 35.1 Å². The van der Waals surface area contributed by atoms with Crippen molar-refractivity contribution in [3.8, 4) is 11.1 Å². The molecule has 0 bridgehead atoms. The van der Waals surface area contributed by atoms with Gasteiger partial charge in [0.1, 0.15) is 18.2 Å². The molecule has 5 rings (SSSR count). The Morgan fingerprint density at radius 1 is 1.09 bits per heavy atom. The third-order valence-corrected chi connectivity index (χ3v) is 7.84. The van der Waals surface area contributed by atoms with Crippen LogP contribution in [0.1, 0.15) is 57.1 Å². The Labute approximate surface area is 205 Å². The number of nitrogens with one attached hydrogen (secondary N) is 1. The van der Waals surface area contributed by atoms with Gasteiger partial charge in [-0.3, -0.25) is 4.79 Å². The highest BCUT2D eigenvalue weighted by Gasteiger charge is 2.67. The minimum atomic E-state index is -1.12. The summed E-state index contributed by atoms with van der Waals surface area (Å²) in [6.45, 7) is 6.12. The van der Waals surface area contributed by atoms with Gasteiger partial charge in [0, 0.05) is 12.5 Å². The van der Waals surface area contributed by atoms with E-state index in [1.807, 2.05) is 45.0 Å². The number of carbonyl (C=O) groups excluding carboxylic acids is 2. The van der Waals surface area contributed by atoms with Crippen LogP contribution >= 0.6 is 0 Å². The van der Waals surface area contributed by atoms with Crippen molar-refractivity contribution in [1.29, 1.82) is 0 Å². The summed E-state index contributed by atoms with van der Waals surface area (Å²) in [6, 6.07) is 15.3. The van der Waals surface area contributed by atoms with E-state index in [0.29, 0.717) is 13.0 Å². The molecule has 2 fully saturated rings. The van der Waals surface area contributed by atoms with Crippen molar-refractivity contribution >= 4 is 18.0 Å². The second-order valence-electron chi connectivity index (χ2n) is 11.0. The fourth-order valence-corrected chi connectivity index (χ4v) is 5.93. The number of piperidine rings is 1. The summed E-state index contributed by atoms with van der Waals surface area (Å²) in [5.41, 5.74) is 2.76. The number of carbonyl (C=O) groups is 3. The van der Waals surface area contributed by atoms with Gasteiger partial charge in [-0.05, 0) is 52.8 Å². The number of benzene rings is 2. The molecule has 3 unspecified atom stereocenters. The molecular formula is C28H32N2O5. The average Bonchev–Trinajstić information content (AvgIpc) is 3.51. The predicted molar refractivity (Wildman–Crippen MR) is 131 cm³/mol. The first-order valence-electron chi connectivity index (χ1n) is 12.3. The number of alkyl carbamates (subject to hydrolysis) is 1. The highest BCUT2D eigenvalue weighted by atomic mass is 16.5. The molecule has 3 aliphatic rings. The van der Waals surface area contributed by atoms with Gasteiger partial charge in [0.15, 0.2) is 0 Å². The van der Waals surface area contributed by atoms with Crippen LogP contribution in [0.4, 0.5) is 4.79 Å². The summed E-state index contributed by atoms with van der Waals surface area (Å²) in [4.78, 5) is 40.1. The number of hydrogen-bond acceptors (Lipinski definition) is 4. The first-order chi connectivity index (χ1) is 16.6. The predicted octanol–water partition coefficient (Wildman–Crippen LogP) is 4.41. The molecule has 2 aromatic carbocycles. The topological polar surface area (TPSA) is 95.9 Å². The average molecular weight is 477 g/mol. The number of aliphatic carboxylic acids is 1. The number of amides is 2. The lowest BCUT2D eigenvalue weighted by molar-refractivity contribution is -0.156. The molecule has 2 amide bonds. The molecule has 0 aromatic heterocycles. The van der Waals surface area contributed by atoms with Gasteiger partial charge >= 0.3 is 12.1 Å². The van der Waals surface area contributed by atoms with Crippen molar-refractivity contribution in [3.05, 3.63) is 59.7 Å². The summed E-state index contributed by atoms with van der Waals surface area (Å²) in [5.74, 6) is -1.39. The summed E-state index contributed by atoms with van der Waals surface area (Å²) in [5, 5.41) is 12.7. The second-order valence-corrected chi connectivity index (χ2v) is 11.0. The summed E-state index contributed by atoms with van der Waals surface area (Å²) in [6.07, 6.45) is 1.40. The summed E-state index contributed by atoms with van der Waals surface area (Å²) >= 11 is 0. The lowest BCUT2D eigenvalue weighted by Gasteiger charge is -2.39. The van der Waals surface area contributed by atoms with Crippen LogP contribution in [-0.4, -0.2) is 52.7 Å². The SMILES string of the molecule is CC(C)(C)C(NC(=O)OCC1c2ccccc2-c2ccccc21)C(=O)N1CCCC2CC21C(=O)O. The van der Waals surface area contributed by atoms with Crippen molar-refractivity contribution in [1.82, 2.24) is 10.2 Å². The fourth-order valence-electron chi connectivity index (χ4n) is 5.93. The van der Waals surface area contributed by atoms with Gasteiger partial charge in [-0.25, -0.2) is 9.59 Å². The molecule has 1 saturated carbocycles. The highest BCUT2D eigenvalue weighted by molar-refractivity contribution is 5.94. The molecular weight excluding hydrogens is 444 g/mol. The smallest absolute Gasteiger partial charge is 0.407 e. The van der Waals surface area contributed by atoms with Crippen LogP contribution < -0.4 is 5.32 Å². The van der Waals surface area contributed by atoms with Gasteiger partial charge in [-0.15, -0.1) is 0 Å². The molecule has 7 heteroatoms. The quantitative estimate of drug-likeness (QED) is 0.667. The van der Waals surface area contributed by atoms with Crippen molar-refractivity contribution in [2.24, 2.45) is 11.3 Å². The Morgan fingerprint density at radius 2 is 1.69 bits per heavy atom. The maximum Gasteiger partial charge on any atom is 0.407 e. The van der Waals surface area contributed by atoms with Crippen LogP contribution in [0.5, 0.6) is 0 Å². The number of rotatable bonds is 5. The van der Waals surface area contributed by atoms with Gasteiger partial charge in [0.05, 0.1) is 0 Å². The van der Waals surface area contributed by atoms with E-state index in [1.54, 1.807) is 0 Å². The summed E-state index contributed by atoms with van der Waals surface area (Å²) < 4.78 is 5.68. The van der Waals surface area contributed by atoms with Gasteiger partial charge in [-0.1, -0.05) is 69.3 Å². The molecule has 7 nitrogen and oxygen atoms in total. The number of fused-ring (bicyclic) bond motifs is 4. The molecule has 2 aliphatic carbocycles. The molecule has 3 atom stereocenters. The highest BCUT2D eigenvalue weighted by Crippen LogP contribution is 2.54. The largest absolute Gasteiger partial charge is 0.479 e. The molecule has 0 radical (unpaired) electrons. The van der Waals surface area contributed by atoms with E-state index in [2.05, 4.69) is 29.6 Å². The Kier molecular flexibility index (Phi) is 5.61. The Bertz CT molecular complexity index is 1140. The minimum Gasteiger partial charge on any atom is -0.479 e. The number of carboxylic acid groups (broad SMARTS) is 1. The van der Waals surface area contributed by atoms with Gasteiger partial charge in [0.25, 0.3) is 0 Å². The van der Waals surface area contributed by atoms with Crippen LogP contribution in [0.25, 0.3) is 11.1 Å². The van der Waals surface area contributed by atoms with Crippen LogP contribution in [0.3, 0.4) is 0 Å². The van der Waals surface area contributed by atoms with Crippen LogP contribution in [0.15, 0.2) is 48.5 Å². The van der Waals surface area contributed by atoms with Crippen molar-refractivity contribution < 1.29 is 24.2 Å². The normalized spacial score (nSPS) is 23.5. The molecule has 2 N–H and O–H groups in total. The van der Waals surface area contributed by atoms with Crippen LogP contribution in [0.2, 0.25) is 0 Å². The van der Waals surface area contributed by atoms with Crippen molar-refractivity contribution in [2.45, 2.75) is 57.5 Å². The molecule has 2 aromatic rings. The second kappa shape index (κ2) is 8.40. The molecule has 1 heterocycles. The Hall–Kier alpha value is -3.35. The lowest BCUT2D eigenvalue weighted by Crippen LogP contribution is -2.60. The molecule has 35 heavy (non-hydrogen) atoms. The number of ether oxygens (including phenoxy) is 1. The third kappa shape index (κ3) is 3.87. The third-order valence-electron chi connectivity index (χ3n) is 7.84. The summed E-state index contributed by atoms with van der Waals surface area (Å²) in [7, 11) is 0. The molecule has 1 saturated heterocycles. The van der Waals surface area contributed by atoms with E-state index in [-0.39, 0.29) is 24.3 Å². The first-order valence-corrected chi connectivity index (χ1v) is 12.3. The van der Waals surface area contributed by atoms with E-state index < -0.39 is 29.1 Å². The number of hydrogen-bond donors (Lipinski definition) is 2. The Morgan fingerprint density at radius 3 is 2.26 bits per heavy atom.